The van der Waals surface area contributed by atoms with Gasteiger partial charge in [0.05, 0.1) is 12.2 Å². The molecule has 3 atom stereocenters. The van der Waals surface area contributed by atoms with Crippen molar-refractivity contribution in [3.63, 3.8) is 0 Å². The van der Waals surface area contributed by atoms with Gasteiger partial charge in [-0.1, -0.05) is 30.3 Å². The van der Waals surface area contributed by atoms with Crippen LogP contribution in [0.5, 0.6) is 0 Å². The van der Waals surface area contributed by atoms with E-state index < -0.39 is 30.1 Å². The van der Waals surface area contributed by atoms with Gasteiger partial charge < -0.3 is 25.1 Å². The lowest BCUT2D eigenvalue weighted by Gasteiger charge is -2.21. The van der Waals surface area contributed by atoms with Crippen LogP contribution in [0.4, 0.5) is 0 Å². The van der Waals surface area contributed by atoms with Crippen molar-refractivity contribution in [3.05, 3.63) is 47.9 Å². The van der Waals surface area contributed by atoms with Gasteiger partial charge in [-0.2, -0.15) is 0 Å². The molecule has 0 bridgehead atoms. The van der Waals surface area contributed by atoms with Crippen LogP contribution in [0.2, 0.25) is 0 Å². The van der Waals surface area contributed by atoms with E-state index in [0.29, 0.717) is 18.7 Å². The van der Waals surface area contributed by atoms with Gasteiger partial charge in [-0.15, -0.1) is 5.06 Å². The van der Waals surface area contributed by atoms with Crippen molar-refractivity contribution in [2.45, 2.75) is 24.7 Å². The number of benzene rings is 1. The van der Waals surface area contributed by atoms with Crippen LogP contribution in [-0.4, -0.2) is 73.6 Å². The fourth-order valence-electron chi connectivity index (χ4n) is 2.89. The number of carbonyl (C=O) groups excluding carboxylic acids is 3. The number of rotatable bonds is 7. The van der Waals surface area contributed by atoms with Crippen molar-refractivity contribution in [1.82, 2.24) is 20.6 Å². The predicted molar refractivity (Wildman–Crippen MR) is 99.4 cm³/mol. The molecule has 9 nitrogen and oxygen atoms in total. The minimum absolute atomic E-state index is 0.227. The normalized spacial score (nSPS) is 21.9. The second-order valence-electron chi connectivity index (χ2n) is 6.98. The number of carbonyl (C=O) groups is 3. The van der Waals surface area contributed by atoms with Gasteiger partial charge in [0.1, 0.15) is 12.3 Å². The van der Waals surface area contributed by atoms with E-state index in [1.807, 2.05) is 30.3 Å². The molecule has 3 rings (SSSR count). The van der Waals surface area contributed by atoms with Gasteiger partial charge in [-0.05, 0) is 5.56 Å². The van der Waals surface area contributed by atoms with Crippen LogP contribution in [0.15, 0.2) is 42.3 Å². The van der Waals surface area contributed by atoms with E-state index >= 15 is 0 Å². The van der Waals surface area contributed by atoms with Crippen LogP contribution in [-0.2, 0) is 30.4 Å². The summed E-state index contributed by atoms with van der Waals surface area (Å²) in [6.45, 7) is 0.436. The van der Waals surface area contributed by atoms with Crippen molar-refractivity contribution in [3.8, 4) is 0 Å². The fourth-order valence-corrected chi connectivity index (χ4v) is 2.89. The molecule has 0 saturated carbocycles. The number of nitrogens with one attached hydrogen (secondary N) is 2. The molecule has 150 valence electrons. The highest BCUT2D eigenvalue weighted by Crippen LogP contribution is 2.23. The van der Waals surface area contributed by atoms with Gasteiger partial charge >= 0.3 is 0 Å². The molecule has 1 aromatic carbocycles. The van der Waals surface area contributed by atoms with Crippen molar-refractivity contribution in [1.29, 1.82) is 0 Å². The quantitative estimate of drug-likeness (QED) is 0.605. The minimum atomic E-state index is -0.908. The standard InChI is InChI=1S/C19H24N4O5/c1-22(2)19(26)14(9-12-7-5-4-6-8-12)21-18(25)16-15(28-16)17(24)20-13-10-23(3)27-11-13/h4-8,11,14-16H,9-10H2,1-3H3,(H,20,24)(H,21,25)/t14-,15?,16?/m0/s1. The average molecular weight is 388 g/mol. The van der Waals surface area contributed by atoms with E-state index in [0.717, 1.165) is 5.56 Å². The fraction of sp³-hybridized carbons (Fsp3) is 0.421. The van der Waals surface area contributed by atoms with Crippen LogP contribution in [0.25, 0.3) is 0 Å². The number of hydroxylamine groups is 2. The Bertz CT molecular complexity index is 780. The first-order chi connectivity index (χ1) is 13.3. The van der Waals surface area contributed by atoms with Crippen LogP contribution in [0, 0.1) is 0 Å². The Morgan fingerprint density at radius 1 is 1.18 bits per heavy atom. The number of hydrogen-bond donors (Lipinski definition) is 2. The maximum Gasteiger partial charge on any atom is 0.256 e. The molecule has 2 N–H and O–H groups in total. The van der Waals surface area contributed by atoms with Crippen molar-refractivity contribution in [2.75, 3.05) is 27.7 Å². The van der Waals surface area contributed by atoms with Gasteiger partial charge in [0, 0.05) is 27.6 Å². The molecule has 28 heavy (non-hydrogen) atoms. The van der Waals surface area contributed by atoms with Crippen molar-refractivity contribution >= 4 is 17.7 Å². The Hall–Kier alpha value is -2.91. The molecule has 2 aliphatic rings. The molecule has 2 unspecified atom stereocenters. The summed E-state index contributed by atoms with van der Waals surface area (Å²) < 4.78 is 5.24. The molecule has 1 fully saturated rings. The number of nitrogens with zero attached hydrogens (tertiary/aromatic N) is 2. The topological polar surface area (TPSA) is 104 Å². The summed E-state index contributed by atoms with van der Waals surface area (Å²) in [4.78, 5) is 43.7. The molecule has 1 aromatic rings. The molecule has 1 saturated heterocycles. The number of likely N-dealkylation sites (N-methyl/N-ethyl adjacent to an activating group) is 2. The molecule has 3 amide bonds. The molecule has 0 aromatic heterocycles. The summed E-state index contributed by atoms with van der Waals surface area (Å²) in [5, 5.41) is 6.93. The molecule has 0 radical (unpaired) electrons. The molecular weight excluding hydrogens is 364 g/mol. The van der Waals surface area contributed by atoms with Crippen molar-refractivity contribution < 1.29 is 24.0 Å². The Morgan fingerprint density at radius 3 is 2.46 bits per heavy atom. The molecule has 0 spiro atoms. The second kappa shape index (κ2) is 8.41. The van der Waals surface area contributed by atoms with E-state index in [1.165, 1.54) is 11.2 Å². The lowest BCUT2D eigenvalue weighted by Crippen LogP contribution is -2.49. The highest BCUT2D eigenvalue weighted by molar-refractivity contribution is 5.97. The third-order valence-electron chi connectivity index (χ3n) is 4.40. The van der Waals surface area contributed by atoms with Crippen LogP contribution in [0.1, 0.15) is 5.56 Å². The smallest absolute Gasteiger partial charge is 0.256 e. The van der Waals surface area contributed by atoms with E-state index in [9.17, 15) is 14.4 Å². The average Bonchev–Trinajstić information content (AvgIpc) is 3.38. The highest BCUT2D eigenvalue weighted by Gasteiger charge is 2.51. The first-order valence-electron chi connectivity index (χ1n) is 8.94. The summed E-state index contributed by atoms with van der Waals surface area (Å²) in [5.74, 6) is -1.12. The number of epoxide rings is 1. The van der Waals surface area contributed by atoms with Gasteiger partial charge in [0.15, 0.2) is 12.2 Å². The highest BCUT2D eigenvalue weighted by atomic mass is 16.7. The summed E-state index contributed by atoms with van der Waals surface area (Å²) in [6.07, 6.45) is -0.00222. The van der Waals surface area contributed by atoms with E-state index in [4.69, 9.17) is 9.57 Å². The predicted octanol–water partition coefficient (Wildman–Crippen LogP) is -0.596. The van der Waals surface area contributed by atoms with Gasteiger partial charge in [-0.3, -0.25) is 14.4 Å². The molecule has 9 heteroatoms. The lowest BCUT2D eigenvalue weighted by atomic mass is 10.0. The van der Waals surface area contributed by atoms with E-state index in [-0.39, 0.29) is 5.91 Å². The monoisotopic (exact) mass is 388 g/mol. The van der Waals surface area contributed by atoms with Gasteiger partial charge in [0.25, 0.3) is 11.8 Å². The zero-order chi connectivity index (χ0) is 20.3. The van der Waals surface area contributed by atoms with Crippen molar-refractivity contribution in [2.24, 2.45) is 0 Å². The first kappa shape index (κ1) is 19.8. The second-order valence-corrected chi connectivity index (χ2v) is 6.98. The number of ether oxygens (including phenoxy) is 1. The Kier molecular flexibility index (Phi) is 5.96. The Labute approximate surface area is 163 Å². The van der Waals surface area contributed by atoms with Gasteiger partial charge in [0.2, 0.25) is 5.91 Å². The zero-order valence-electron chi connectivity index (χ0n) is 16.0. The molecular formula is C19H24N4O5. The molecule has 0 aliphatic carbocycles. The SMILES string of the molecule is CN1CC(NC(=O)C2OC2C(=O)N[C@@H](Cc2ccccc2)C(=O)N(C)C)=CO1. The third-order valence-corrected chi connectivity index (χ3v) is 4.40. The largest absolute Gasteiger partial charge is 0.412 e. The van der Waals surface area contributed by atoms with E-state index in [1.54, 1.807) is 26.2 Å². The third kappa shape index (κ3) is 4.87. The maximum absolute atomic E-state index is 12.5. The van der Waals surface area contributed by atoms with Crippen LogP contribution in [0.3, 0.4) is 0 Å². The van der Waals surface area contributed by atoms with Gasteiger partial charge in [-0.25, -0.2) is 0 Å². The zero-order valence-corrected chi connectivity index (χ0v) is 16.0. The molecule has 2 heterocycles. The Balaban J connectivity index is 1.56. The minimum Gasteiger partial charge on any atom is -0.412 e. The lowest BCUT2D eigenvalue weighted by molar-refractivity contribution is -0.134. The summed E-state index contributed by atoms with van der Waals surface area (Å²) in [5.41, 5.74) is 1.51. The summed E-state index contributed by atoms with van der Waals surface area (Å²) >= 11 is 0. The van der Waals surface area contributed by atoms with Crippen LogP contribution >= 0.6 is 0 Å². The summed E-state index contributed by atoms with van der Waals surface area (Å²) in [6, 6.07) is 8.67. The van der Waals surface area contributed by atoms with E-state index in [2.05, 4.69) is 10.6 Å². The Morgan fingerprint density at radius 2 is 1.86 bits per heavy atom. The molecule has 2 aliphatic heterocycles. The van der Waals surface area contributed by atoms with Crippen LogP contribution < -0.4 is 10.6 Å². The first-order valence-corrected chi connectivity index (χ1v) is 8.94. The maximum atomic E-state index is 12.5. The number of hydrogen-bond acceptors (Lipinski definition) is 6. The summed E-state index contributed by atoms with van der Waals surface area (Å²) in [7, 11) is 4.99. The number of amides is 3.